The summed E-state index contributed by atoms with van der Waals surface area (Å²) in [5, 5.41) is -0.459. The second-order valence-corrected chi connectivity index (χ2v) is 7.53. The number of carbonyl (C=O) groups is 3. The third kappa shape index (κ3) is 6.62. The predicted octanol–water partition coefficient (Wildman–Crippen LogP) is 2.57. The summed E-state index contributed by atoms with van der Waals surface area (Å²) < 4.78 is 43.0. The van der Waals surface area contributed by atoms with E-state index in [0.717, 1.165) is 4.90 Å². The number of piperidine rings is 1. The van der Waals surface area contributed by atoms with Crippen LogP contribution in [0.15, 0.2) is 23.4 Å². The topological polar surface area (TPSA) is 79.8 Å². The number of thioether (sulfide) groups is 1. The van der Waals surface area contributed by atoms with Crippen LogP contribution in [0.5, 0.6) is 0 Å². The molecule has 1 aromatic rings. The van der Waals surface area contributed by atoms with Crippen molar-refractivity contribution in [2.75, 3.05) is 33.3 Å². The van der Waals surface area contributed by atoms with E-state index >= 15 is 0 Å². The standard InChI is InChI=1S/C18H22F3N3O4S/c1-3-28-17(27)12-6-9-24(10-7-12)14(25)11-23(2)16(26)13-5-4-8-22-15(13)29-18(19,20)21/h4-5,8,12H,3,6-7,9-11H2,1-2H3. The zero-order valence-electron chi connectivity index (χ0n) is 16.1. The summed E-state index contributed by atoms with van der Waals surface area (Å²) in [7, 11) is 1.35. The third-order valence-electron chi connectivity index (χ3n) is 4.40. The molecule has 7 nitrogen and oxygen atoms in total. The number of hydrogen-bond acceptors (Lipinski definition) is 6. The number of nitrogens with zero attached hydrogens (tertiary/aromatic N) is 3. The maximum atomic E-state index is 12.7. The van der Waals surface area contributed by atoms with Gasteiger partial charge in [0.05, 0.1) is 24.6 Å². The molecule has 1 fully saturated rings. The molecule has 1 aliphatic heterocycles. The predicted molar refractivity (Wildman–Crippen MR) is 99.0 cm³/mol. The molecule has 0 N–H and O–H groups in total. The average Bonchev–Trinajstić information content (AvgIpc) is 2.67. The number of rotatable bonds is 6. The molecule has 1 aliphatic rings. The number of alkyl halides is 3. The lowest BCUT2D eigenvalue weighted by Gasteiger charge is -2.32. The van der Waals surface area contributed by atoms with E-state index in [9.17, 15) is 27.6 Å². The Morgan fingerprint density at radius 1 is 1.31 bits per heavy atom. The number of hydrogen-bond donors (Lipinski definition) is 0. The highest BCUT2D eigenvalue weighted by Crippen LogP contribution is 2.37. The minimum atomic E-state index is -4.58. The van der Waals surface area contributed by atoms with Crippen molar-refractivity contribution >= 4 is 29.5 Å². The molecule has 1 saturated heterocycles. The van der Waals surface area contributed by atoms with Crippen molar-refractivity contribution < 1.29 is 32.3 Å². The lowest BCUT2D eigenvalue weighted by molar-refractivity contribution is -0.151. The molecule has 2 heterocycles. The maximum Gasteiger partial charge on any atom is 0.447 e. The highest BCUT2D eigenvalue weighted by atomic mass is 32.2. The number of likely N-dealkylation sites (tertiary alicyclic amines) is 1. The van der Waals surface area contributed by atoms with Gasteiger partial charge in [0.25, 0.3) is 5.91 Å². The van der Waals surface area contributed by atoms with Gasteiger partial charge in [-0.05, 0) is 31.9 Å². The summed E-state index contributed by atoms with van der Waals surface area (Å²) in [6.45, 7) is 2.45. The maximum absolute atomic E-state index is 12.7. The van der Waals surface area contributed by atoms with Crippen molar-refractivity contribution in [3.8, 4) is 0 Å². The van der Waals surface area contributed by atoms with Crippen LogP contribution in [-0.4, -0.2) is 71.4 Å². The van der Waals surface area contributed by atoms with Crippen molar-refractivity contribution in [1.29, 1.82) is 0 Å². The quantitative estimate of drug-likeness (QED) is 0.507. The van der Waals surface area contributed by atoms with Crippen molar-refractivity contribution in [3.05, 3.63) is 23.9 Å². The van der Waals surface area contributed by atoms with Crippen LogP contribution in [0.25, 0.3) is 0 Å². The minimum Gasteiger partial charge on any atom is -0.466 e. The van der Waals surface area contributed by atoms with E-state index in [1.54, 1.807) is 6.92 Å². The normalized spacial score (nSPS) is 15.1. The molecule has 2 rings (SSSR count). The van der Waals surface area contributed by atoms with Crippen LogP contribution in [0.2, 0.25) is 0 Å². The SMILES string of the molecule is CCOC(=O)C1CCN(C(=O)CN(C)C(=O)c2cccnc2SC(F)(F)F)CC1. The zero-order valence-corrected chi connectivity index (χ0v) is 16.9. The van der Waals surface area contributed by atoms with Gasteiger partial charge in [0.1, 0.15) is 5.03 Å². The molecular formula is C18H22F3N3O4S. The van der Waals surface area contributed by atoms with Gasteiger partial charge in [0, 0.05) is 38.1 Å². The molecule has 0 bridgehead atoms. The number of halogens is 3. The summed E-state index contributed by atoms with van der Waals surface area (Å²) in [5.41, 5.74) is -4.80. The number of ether oxygens (including phenoxy) is 1. The Hall–Kier alpha value is -2.30. The van der Waals surface area contributed by atoms with Gasteiger partial charge < -0.3 is 14.5 Å². The number of likely N-dealkylation sites (N-methyl/N-ethyl adjacent to an activating group) is 1. The number of carbonyl (C=O) groups excluding carboxylic acids is 3. The fourth-order valence-corrected chi connectivity index (χ4v) is 3.55. The molecule has 0 atom stereocenters. The summed E-state index contributed by atoms with van der Waals surface area (Å²) in [4.78, 5) is 43.0. The Balaban J connectivity index is 1.95. The van der Waals surface area contributed by atoms with Gasteiger partial charge in [0.15, 0.2) is 0 Å². The van der Waals surface area contributed by atoms with Crippen LogP contribution in [0.1, 0.15) is 30.1 Å². The van der Waals surface area contributed by atoms with Crippen LogP contribution in [0.4, 0.5) is 13.2 Å². The van der Waals surface area contributed by atoms with Crippen LogP contribution in [-0.2, 0) is 14.3 Å². The van der Waals surface area contributed by atoms with Crippen molar-refractivity contribution in [3.63, 3.8) is 0 Å². The van der Waals surface area contributed by atoms with Crippen molar-refractivity contribution in [2.45, 2.75) is 30.3 Å². The van der Waals surface area contributed by atoms with E-state index in [0.29, 0.717) is 32.5 Å². The van der Waals surface area contributed by atoms with Gasteiger partial charge in [-0.2, -0.15) is 13.2 Å². The molecule has 0 aliphatic carbocycles. The van der Waals surface area contributed by atoms with Crippen LogP contribution in [0, 0.1) is 5.92 Å². The molecule has 1 aromatic heterocycles. The molecule has 0 unspecified atom stereocenters. The van der Waals surface area contributed by atoms with E-state index in [1.165, 1.54) is 30.3 Å². The van der Waals surface area contributed by atoms with Gasteiger partial charge in [0.2, 0.25) is 5.91 Å². The van der Waals surface area contributed by atoms with Gasteiger partial charge in [-0.25, -0.2) is 4.98 Å². The lowest BCUT2D eigenvalue weighted by Crippen LogP contribution is -2.45. The highest BCUT2D eigenvalue weighted by Gasteiger charge is 2.33. The fraction of sp³-hybridized carbons (Fsp3) is 0.556. The molecule has 0 spiro atoms. The van der Waals surface area contributed by atoms with E-state index in [1.807, 2.05) is 0 Å². The number of amides is 2. The van der Waals surface area contributed by atoms with E-state index in [-0.39, 0.29) is 29.9 Å². The first kappa shape index (κ1) is 23.0. The summed E-state index contributed by atoms with van der Waals surface area (Å²) in [6.07, 6.45) is 2.11. The molecule has 2 amide bonds. The second kappa shape index (κ2) is 9.95. The second-order valence-electron chi connectivity index (χ2n) is 6.47. The Morgan fingerprint density at radius 3 is 2.55 bits per heavy atom. The summed E-state index contributed by atoms with van der Waals surface area (Å²) in [5.74, 6) is -1.59. The van der Waals surface area contributed by atoms with E-state index < -0.39 is 28.2 Å². The summed E-state index contributed by atoms with van der Waals surface area (Å²) >= 11 is -0.471. The first-order valence-electron chi connectivity index (χ1n) is 9.03. The first-order chi connectivity index (χ1) is 13.6. The van der Waals surface area contributed by atoms with Gasteiger partial charge in [-0.1, -0.05) is 0 Å². The lowest BCUT2D eigenvalue weighted by atomic mass is 9.97. The number of aromatic nitrogens is 1. The van der Waals surface area contributed by atoms with E-state index in [4.69, 9.17) is 4.74 Å². The largest absolute Gasteiger partial charge is 0.466 e. The number of pyridine rings is 1. The van der Waals surface area contributed by atoms with Gasteiger partial charge in [-0.15, -0.1) is 0 Å². The average molecular weight is 433 g/mol. The molecule has 0 radical (unpaired) electrons. The Bertz CT molecular complexity index is 752. The van der Waals surface area contributed by atoms with Crippen LogP contribution < -0.4 is 0 Å². The molecule has 0 aromatic carbocycles. The van der Waals surface area contributed by atoms with E-state index in [2.05, 4.69) is 4.98 Å². The molecule has 160 valence electrons. The first-order valence-corrected chi connectivity index (χ1v) is 9.84. The smallest absolute Gasteiger partial charge is 0.447 e. The highest BCUT2D eigenvalue weighted by molar-refractivity contribution is 8.00. The minimum absolute atomic E-state index is 0.217. The van der Waals surface area contributed by atoms with Crippen LogP contribution in [0.3, 0.4) is 0 Å². The summed E-state index contributed by atoms with van der Waals surface area (Å²) in [6, 6.07) is 2.61. The Kier molecular flexibility index (Phi) is 7.88. The van der Waals surface area contributed by atoms with Gasteiger partial charge in [-0.3, -0.25) is 14.4 Å². The molecular weight excluding hydrogens is 411 g/mol. The molecule has 0 saturated carbocycles. The molecule has 29 heavy (non-hydrogen) atoms. The van der Waals surface area contributed by atoms with Crippen molar-refractivity contribution in [2.24, 2.45) is 5.92 Å². The van der Waals surface area contributed by atoms with Crippen LogP contribution >= 0.6 is 11.8 Å². The third-order valence-corrected chi connectivity index (χ3v) is 5.15. The fourth-order valence-electron chi connectivity index (χ4n) is 2.95. The molecule has 11 heteroatoms. The monoisotopic (exact) mass is 433 g/mol. The Labute approximate surface area is 170 Å². The van der Waals surface area contributed by atoms with Gasteiger partial charge >= 0.3 is 11.5 Å². The van der Waals surface area contributed by atoms with Crippen molar-refractivity contribution in [1.82, 2.24) is 14.8 Å². The Morgan fingerprint density at radius 2 is 1.97 bits per heavy atom. The number of esters is 1. The zero-order chi connectivity index (χ0) is 21.6.